The van der Waals surface area contributed by atoms with E-state index in [1.54, 1.807) is 36.5 Å². The topological polar surface area (TPSA) is 69.6 Å². The average Bonchev–Trinajstić information content (AvgIpc) is 3.19. The fraction of sp³-hybridized carbons (Fsp3) is 0.562. The molecule has 1 saturated heterocycles. The van der Waals surface area contributed by atoms with E-state index in [4.69, 9.17) is 0 Å². The Morgan fingerprint density at radius 2 is 2.39 bits per heavy atom. The summed E-state index contributed by atoms with van der Waals surface area (Å²) in [6.45, 7) is 3.15. The predicted molar refractivity (Wildman–Crippen MR) is 91.7 cm³/mol. The maximum Gasteiger partial charge on any atom is 0.245 e. The molecule has 1 aliphatic heterocycles. The number of aromatic nitrogens is 2. The van der Waals surface area contributed by atoms with Crippen molar-refractivity contribution in [3.05, 3.63) is 17.8 Å². The summed E-state index contributed by atoms with van der Waals surface area (Å²) >= 11 is 1.59. The van der Waals surface area contributed by atoms with Gasteiger partial charge in [0.15, 0.2) is 0 Å². The molecule has 3 rings (SSSR count). The van der Waals surface area contributed by atoms with Gasteiger partial charge in [-0.1, -0.05) is 0 Å². The van der Waals surface area contributed by atoms with Crippen LogP contribution < -0.4 is 4.90 Å². The predicted octanol–water partition coefficient (Wildman–Crippen LogP) is 1.89. The van der Waals surface area contributed by atoms with Crippen LogP contribution in [0.1, 0.15) is 26.2 Å². The molecular weight excluding hydrogens is 312 g/mol. The molecule has 2 unspecified atom stereocenters. The molecule has 2 aromatic rings. The summed E-state index contributed by atoms with van der Waals surface area (Å²) in [7, 11) is 1.81. The third-order valence-electron chi connectivity index (χ3n) is 4.31. The SMILES string of the molecule is CC(O)CCN(C)C(=O)C1CCCN1c1ncnc2sccc12. The first kappa shape index (κ1) is 16.1. The Kier molecular flexibility index (Phi) is 4.77. The van der Waals surface area contributed by atoms with Crippen molar-refractivity contribution in [1.82, 2.24) is 14.9 Å². The lowest BCUT2D eigenvalue weighted by Crippen LogP contribution is -2.45. The van der Waals surface area contributed by atoms with Gasteiger partial charge in [0.1, 0.15) is 23.0 Å². The maximum absolute atomic E-state index is 12.8. The zero-order valence-electron chi connectivity index (χ0n) is 13.5. The number of thiophene rings is 1. The number of carbonyl (C=O) groups is 1. The van der Waals surface area contributed by atoms with Crippen LogP contribution in [0.5, 0.6) is 0 Å². The first-order valence-electron chi connectivity index (χ1n) is 7.96. The molecule has 0 aromatic carbocycles. The fourth-order valence-electron chi connectivity index (χ4n) is 3.03. The van der Waals surface area contributed by atoms with Gasteiger partial charge in [0.2, 0.25) is 5.91 Å². The highest BCUT2D eigenvalue weighted by atomic mass is 32.1. The van der Waals surface area contributed by atoms with Gasteiger partial charge >= 0.3 is 0 Å². The fourth-order valence-corrected chi connectivity index (χ4v) is 3.76. The van der Waals surface area contributed by atoms with E-state index in [1.807, 2.05) is 11.4 Å². The minimum Gasteiger partial charge on any atom is -0.393 e. The number of rotatable bonds is 5. The summed E-state index contributed by atoms with van der Waals surface area (Å²) in [6.07, 6.45) is 3.60. The number of carbonyl (C=O) groups excluding carboxylic acids is 1. The van der Waals surface area contributed by atoms with Crippen molar-refractivity contribution >= 4 is 33.3 Å². The Morgan fingerprint density at radius 1 is 1.57 bits per heavy atom. The molecule has 124 valence electrons. The van der Waals surface area contributed by atoms with Gasteiger partial charge in [0.25, 0.3) is 0 Å². The number of aliphatic hydroxyl groups is 1. The quantitative estimate of drug-likeness (QED) is 0.904. The summed E-state index contributed by atoms with van der Waals surface area (Å²) in [6, 6.07) is 1.85. The largest absolute Gasteiger partial charge is 0.393 e. The lowest BCUT2D eigenvalue weighted by atomic mass is 10.1. The number of likely N-dealkylation sites (N-methyl/N-ethyl adjacent to an activating group) is 1. The lowest BCUT2D eigenvalue weighted by molar-refractivity contribution is -0.131. The Morgan fingerprint density at radius 3 is 3.17 bits per heavy atom. The highest BCUT2D eigenvalue weighted by molar-refractivity contribution is 7.16. The smallest absolute Gasteiger partial charge is 0.245 e. The van der Waals surface area contributed by atoms with Gasteiger partial charge in [-0.05, 0) is 37.6 Å². The van der Waals surface area contributed by atoms with E-state index in [1.165, 1.54) is 0 Å². The number of hydrogen-bond donors (Lipinski definition) is 1. The van der Waals surface area contributed by atoms with Crippen LogP contribution >= 0.6 is 11.3 Å². The maximum atomic E-state index is 12.8. The van der Waals surface area contributed by atoms with E-state index >= 15 is 0 Å². The van der Waals surface area contributed by atoms with E-state index in [2.05, 4.69) is 14.9 Å². The van der Waals surface area contributed by atoms with Gasteiger partial charge in [-0.2, -0.15) is 0 Å². The van der Waals surface area contributed by atoms with Crippen molar-refractivity contribution in [3.63, 3.8) is 0 Å². The van der Waals surface area contributed by atoms with Gasteiger partial charge < -0.3 is 14.9 Å². The van der Waals surface area contributed by atoms with Crippen molar-refractivity contribution in [2.75, 3.05) is 25.0 Å². The molecule has 0 saturated carbocycles. The molecule has 0 aliphatic carbocycles. The average molecular weight is 334 g/mol. The van der Waals surface area contributed by atoms with Crippen molar-refractivity contribution in [3.8, 4) is 0 Å². The van der Waals surface area contributed by atoms with Crippen LogP contribution in [-0.2, 0) is 4.79 Å². The highest BCUT2D eigenvalue weighted by Crippen LogP contribution is 2.32. The summed E-state index contributed by atoms with van der Waals surface area (Å²) in [4.78, 5) is 26.3. The molecule has 1 fully saturated rings. The van der Waals surface area contributed by atoms with Crippen LogP contribution in [0.25, 0.3) is 10.2 Å². The third kappa shape index (κ3) is 3.30. The molecule has 6 nitrogen and oxygen atoms in total. The van der Waals surface area contributed by atoms with Crippen LogP contribution in [-0.4, -0.2) is 58.2 Å². The number of aliphatic hydroxyl groups excluding tert-OH is 1. The van der Waals surface area contributed by atoms with Gasteiger partial charge in [-0.25, -0.2) is 9.97 Å². The molecule has 0 spiro atoms. The third-order valence-corrected chi connectivity index (χ3v) is 5.13. The van der Waals surface area contributed by atoms with Crippen LogP contribution in [0.15, 0.2) is 17.8 Å². The second kappa shape index (κ2) is 6.80. The first-order valence-corrected chi connectivity index (χ1v) is 8.84. The van der Waals surface area contributed by atoms with Crippen molar-refractivity contribution in [2.45, 2.75) is 38.3 Å². The van der Waals surface area contributed by atoms with Gasteiger partial charge in [0.05, 0.1) is 11.5 Å². The first-order chi connectivity index (χ1) is 11.1. The molecule has 1 amide bonds. The minimum atomic E-state index is -0.391. The summed E-state index contributed by atoms with van der Waals surface area (Å²) < 4.78 is 0. The van der Waals surface area contributed by atoms with Crippen LogP contribution in [0.2, 0.25) is 0 Å². The molecular formula is C16H22N4O2S. The molecule has 2 aromatic heterocycles. The van der Waals surface area contributed by atoms with E-state index in [0.717, 1.165) is 35.4 Å². The van der Waals surface area contributed by atoms with E-state index < -0.39 is 6.10 Å². The Labute approximate surface area is 139 Å². The van der Waals surface area contributed by atoms with Gasteiger partial charge in [0, 0.05) is 20.1 Å². The molecule has 1 aliphatic rings. The van der Waals surface area contributed by atoms with Crippen LogP contribution in [0.3, 0.4) is 0 Å². The van der Waals surface area contributed by atoms with Crippen LogP contribution in [0.4, 0.5) is 5.82 Å². The lowest BCUT2D eigenvalue weighted by Gasteiger charge is -2.29. The van der Waals surface area contributed by atoms with E-state index in [0.29, 0.717) is 13.0 Å². The standard InChI is InChI=1S/C16H22N4O2S/c1-11(21)5-8-19(2)16(22)13-4-3-7-20(13)14-12-6-9-23-15(12)18-10-17-14/h6,9-11,13,21H,3-5,7-8H2,1-2H3. The zero-order valence-corrected chi connectivity index (χ0v) is 14.3. The van der Waals surface area contributed by atoms with Gasteiger partial charge in [-0.15, -0.1) is 11.3 Å². The molecule has 23 heavy (non-hydrogen) atoms. The second-order valence-corrected chi connectivity index (χ2v) is 6.98. The molecule has 1 N–H and O–H groups in total. The van der Waals surface area contributed by atoms with E-state index in [9.17, 15) is 9.90 Å². The summed E-state index contributed by atoms with van der Waals surface area (Å²) in [5.41, 5.74) is 0. The number of anilines is 1. The number of fused-ring (bicyclic) bond motifs is 1. The van der Waals surface area contributed by atoms with Crippen LogP contribution in [0, 0.1) is 0 Å². The Hall–Kier alpha value is -1.73. The number of amides is 1. The molecule has 2 atom stereocenters. The number of nitrogens with zero attached hydrogens (tertiary/aromatic N) is 4. The van der Waals surface area contributed by atoms with Crippen molar-refractivity contribution in [1.29, 1.82) is 0 Å². The Bertz CT molecular complexity index is 688. The molecule has 0 radical (unpaired) electrons. The Balaban J connectivity index is 1.80. The molecule has 0 bridgehead atoms. The van der Waals surface area contributed by atoms with Gasteiger partial charge in [-0.3, -0.25) is 4.79 Å². The molecule has 7 heteroatoms. The summed E-state index contributed by atoms with van der Waals surface area (Å²) in [5, 5.41) is 12.4. The monoisotopic (exact) mass is 334 g/mol. The van der Waals surface area contributed by atoms with Crippen molar-refractivity contribution in [2.24, 2.45) is 0 Å². The normalized spacial score (nSPS) is 19.3. The summed E-state index contributed by atoms with van der Waals surface area (Å²) in [5.74, 6) is 0.959. The van der Waals surface area contributed by atoms with Crippen molar-refractivity contribution < 1.29 is 9.90 Å². The number of hydrogen-bond acceptors (Lipinski definition) is 6. The van der Waals surface area contributed by atoms with E-state index in [-0.39, 0.29) is 11.9 Å². The zero-order chi connectivity index (χ0) is 16.4. The molecule has 3 heterocycles. The second-order valence-electron chi connectivity index (χ2n) is 6.09. The highest BCUT2D eigenvalue weighted by Gasteiger charge is 2.34. The minimum absolute atomic E-state index is 0.102.